The van der Waals surface area contributed by atoms with Gasteiger partial charge in [0.2, 0.25) is 0 Å². The van der Waals surface area contributed by atoms with Crippen LogP contribution in [0.3, 0.4) is 0 Å². The highest BCUT2D eigenvalue weighted by Crippen LogP contribution is 2.47. The largest absolute Gasteiger partial charge is 0.458 e. The van der Waals surface area contributed by atoms with Gasteiger partial charge in [-0.05, 0) is 73.8 Å². The number of benzene rings is 1. The zero-order valence-corrected chi connectivity index (χ0v) is 35.7. The Balaban J connectivity index is 1.40. The summed E-state index contributed by atoms with van der Waals surface area (Å²) in [6.45, 7) is 17.2. The summed E-state index contributed by atoms with van der Waals surface area (Å²) in [6, 6.07) is 8.42. The SMILES string of the molecule is CCC1(CC)O[C@H]2[C@H](O[C@H]([C@H]3O[C@@H](n4ccc(=O)[nH]c4=O)[C@@H]4OC(C)(C)O[C@H]34)[C@H](NC(=O)OCc3ccccc3)C(=O)OC(C)(C)C)O[C@H](CNC(=O)OC(C)(C)C)[C@H]2O1. The molecule has 4 aliphatic rings. The molecule has 0 bridgehead atoms. The molecule has 4 aliphatic heterocycles. The molecule has 0 saturated carbocycles. The lowest BCUT2D eigenvalue weighted by Crippen LogP contribution is -2.59. The second kappa shape index (κ2) is 17.5. The van der Waals surface area contributed by atoms with E-state index in [1.54, 1.807) is 79.7 Å². The molecular weight excluding hydrogens is 788 g/mol. The summed E-state index contributed by atoms with van der Waals surface area (Å²) in [7, 11) is 0. The number of H-pyrrole nitrogens is 1. The van der Waals surface area contributed by atoms with Crippen molar-refractivity contribution in [1.82, 2.24) is 20.2 Å². The normalized spacial score (nSPS) is 28.9. The molecule has 5 heterocycles. The second-order valence-electron chi connectivity index (χ2n) is 17.6. The van der Waals surface area contributed by atoms with Crippen LogP contribution in [-0.4, -0.2) is 112 Å². The highest BCUT2D eigenvalue weighted by molar-refractivity contribution is 5.82. The van der Waals surface area contributed by atoms with Crippen molar-refractivity contribution in [1.29, 1.82) is 0 Å². The molecule has 60 heavy (non-hydrogen) atoms. The van der Waals surface area contributed by atoms with Crippen molar-refractivity contribution in [2.24, 2.45) is 0 Å². The minimum atomic E-state index is -1.68. The minimum absolute atomic E-state index is 0.0694. The lowest BCUT2D eigenvalue weighted by molar-refractivity contribution is -0.275. The Labute approximate surface area is 347 Å². The number of alkyl carbamates (subject to hydrolysis) is 2. The zero-order valence-electron chi connectivity index (χ0n) is 35.7. The van der Waals surface area contributed by atoms with Crippen molar-refractivity contribution < 1.29 is 61.8 Å². The maximum absolute atomic E-state index is 14.4. The van der Waals surface area contributed by atoms with Gasteiger partial charge >= 0.3 is 23.8 Å². The van der Waals surface area contributed by atoms with Crippen LogP contribution in [0.25, 0.3) is 0 Å². The molecule has 10 atom stereocenters. The van der Waals surface area contributed by atoms with Crippen LogP contribution in [0.5, 0.6) is 0 Å². The third kappa shape index (κ3) is 10.6. The first-order valence-electron chi connectivity index (χ1n) is 20.3. The number of aromatic nitrogens is 2. The molecule has 0 radical (unpaired) electrons. The number of rotatable bonds is 13. The Morgan fingerprint density at radius 2 is 1.48 bits per heavy atom. The van der Waals surface area contributed by atoms with Gasteiger partial charge in [-0.3, -0.25) is 14.3 Å². The molecule has 0 aliphatic carbocycles. The van der Waals surface area contributed by atoms with Gasteiger partial charge in [-0.1, -0.05) is 44.2 Å². The Hall–Kier alpha value is -4.37. The van der Waals surface area contributed by atoms with Gasteiger partial charge in [0.1, 0.15) is 60.5 Å². The third-order valence-electron chi connectivity index (χ3n) is 10.2. The van der Waals surface area contributed by atoms with Crippen molar-refractivity contribution in [2.45, 2.75) is 173 Å². The fourth-order valence-corrected chi connectivity index (χ4v) is 7.59. The molecular formula is C41H58N4O15. The van der Waals surface area contributed by atoms with Crippen LogP contribution in [0, 0.1) is 0 Å². The molecule has 3 N–H and O–H groups in total. The standard InChI is InChI=1S/C41H58N4O15/c1-11-41(12-2)57-26-23(20-42-36(49)60-39(6,7)8)52-34(31(26)58-41)54-27(25(33(47)59-38(3,4)5)44-37(50)51-21-22-16-14-13-15-17-22)28-29-30(56-40(9,10)55-29)32(53-28)45-19-18-24(46)43-35(45)48/h13-19,23,25-32,34H,11-12,20-21H2,1-10H3,(H,42,49)(H,44,50)(H,43,46,48)/t23-,25+,26-,27+,28-,29-,30-,31-,32-,34+/m1/s1. The highest BCUT2D eigenvalue weighted by Gasteiger charge is 2.63. The third-order valence-corrected chi connectivity index (χ3v) is 10.2. The van der Waals surface area contributed by atoms with Crippen molar-refractivity contribution in [3.8, 4) is 0 Å². The lowest BCUT2D eigenvalue weighted by atomic mass is 9.98. The monoisotopic (exact) mass is 846 g/mol. The van der Waals surface area contributed by atoms with E-state index in [1.807, 2.05) is 19.9 Å². The number of nitrogens with one attached hydrogen (secondary N) is 3. The number of amides is 2. The Morgan fingerprint density at radius 1 is 0.833 bits per heavy atom. The first kappa shape index (κ1) is 45.2. The number of esters is 1. The maximum atomic E-state index is 14.4. The highest BCUT2D eigenvalue weighted by atomic mass is 16.8. The molecule has 2 amide bonds. The average molecular weight is 847 g/mol. The molecule has 6 rings (SSSR count). The molecule has 19 nitrogen and oxygen atoms in total. The molecule has 2 aromatic rings. The number of nitrogens with zero attached hydrogens (tertiary/aromatic N) is 1. The second-order valence-corrected chi connectivity index (χ2v) is 17.6. The van der Waals surface area contributed by atoms with E-state index in [9.17, 15) is 24.0 Å². The summed E-state index contributed by atoms with van der Waals surface area (Å²) >= 11 is 0. The molecule has 0 spiro atoms. The quantitative estimate of drug-likeness (QED) is 0.194. The van der Waals surface area contributed by atoms with Crippen LogP contribution in [-0.2, 0) is 58.8 Å². The fraction of sp³-hybridized carbons (Fsp3) is 0.683. The van der Waals surface area contributed by atoms with E-state index in [2.05, 4.69) is 15.6 Å². The van der Waals surface area contributed by atoms with Gasteiger partial charge in [0, 0.05) is 18.8 Å². The van der Waals surface area contributed by atoms with Gasteiger partial charge in [0.25, 0.3) is 5.56 Å². The van der Waals surface area contributed by atoms with E-state index in [-0.39, 0.29) is 13.2 Å². The van der Waals surface area contributed by atoms with E-state index in [4.69, 9.17) is 47.4 Å². The number of carbonyl (C=O) groups excluding carboxylic acids is 3. The van der Waals surface area contributed by atoms with Gasteiger partial charge in [0.15, 0.2) is 30.1 Å². The fourth-order valence-electron chi connectivity index (χ4n) is 7.59. The molecule has 19 heteroatoms. The van der Waals surface area contributed by atoms with E-state index in [0.717, 1.165) is 10.6 Å². The average Bonchev–Trinajstić information content (AvgIpc) is 3.88. The molecule has 332 valence electrons. The molecule has 1 aromatic heterocycles. The minimum Gasteiger partial charge on any atom is -0.458 e. The summed E-state index contributed by atoms with van der Waals surface area (Å²) in [4.78, 5) is 68.4. The van der Waals surface area contributed by atoms with Crippen molar-refractivity contribution in [3.05, 3.63) is 69.0 Å². The number of hydrogen-bond donors (Lipinski definition) is 3. The zero-order chi connectivity index (χ0) is 43.8. The van der Waals surface area contributed by atoms with Crippen LogP contribution >= 0.6 is 0 Å². The van der Waals surface area contributed by atoms with Gasteiger partial charge in [-0.2, -0.15) is 0 Å². The Bertz CT molecular complexity index is 1950. The van der Waals surface area contributed by atoms with E-state index in [1.165, 1.54) is 6.20 Å². The van der Waals surface area contributed by atoms with Crippen LogP contribution in [0.2, 0.25) is 0 Å². The predicted octanol–water partition coefficient (Wildman–Crippen LogP) is 3.53. The number of hydrogen-bond acceptors (Lipinski definition) is 15. The van der Waals surface area contributed by atoms with Crippen LogP contribution in [0.4, 0.5) is 9.59 Å². The van der Waals surface area contributed by atoms with Crippen molar-refractivity contribution >= 4 is 18.2 Å². The summed E-state index contributed by atoms with van der Waals surface area (Å²) in [5.74, 6) is -3.19. The van der Waals surface area contributed by atoms with Gasteiger partial charge in [-0.25, -0.2) is 19.2 Å². The van der Waals surface area contributed by atoms with E-state index in [0.29, 0.717) is 18.4 Å². The first-order valence-corrected chi connectivity index (χ1v) is 20.3. The topological polar surface area (TPSA) is 222 Å². The Kier molecular flexibility index (Phi) is 13.2. The lowest BCUT2D eigenvalue weighted by Gasteiger charge is -2.36. The summed E-state index contributed by atoms with van der Waals surface area (Å²) in [6.07, 6.45) is -9.46. The van der Waals surface area contributed by atoms with Crippen molar-refractivity contribution in [3.63, 3.8) is 0 Å². The van der Waals surface area contributed by atoms with Crippen LogP contribution in [0.1, 0.15) is 93.9 Å². The van der Waals surface area contributed by atoms with E-state index < -0.39 is 113 Å². The van der Waals surface area contributed by atoms with Crippen LogP contribution < -0.4 is 21.9 Å². The Morgan fingerprint density at radius 3 is 2.12 bits per heavy atom. The van der Waals surface area contributed by atoms with Gasteiger partial charge in [-0.15, -0.1) is 0 Å². The first-order chi connectivity index (χ1) is 28.1. The van der Waals surface area contributed by atoms with Gasteiger partial charge < -0.3 is 58.0 Å². The number of fused-ring (bicyclic) bond motifs is 2. The summed E-state index contributed by atoms with van der Waals surface area (Å²) < 4.78 is 63.7. The molecule has 0 unspecified atom stereocenters. The van der Waals surface area contributed by atoms with Crippen LogP contribution in [0.15, 0.2) is 52.2 Å². The number of carbonyl (C=O) groups is 3. The smallest absolute Gasteiger partial charge is 0.408 e. The molecule has 4 saturated heterocycles. The predicted molar refractivity (Wildman–Crippen MR) is 209 cm³/mol. The maximum Gasteiger partial charge on any atom is 0.408 e. The molecule has 4 fully saturated rings. The summed E-state index contributed by atoms with van der Waals surface area (Å²) in [5.41, 5.74) is -2.55. The number of ether oxygens (including phenoxy) is 10. The van der Waals surface area contributed by atoms with Gasteiger partial charge in [0.05, 0.1) is 0 Å². The molecule has 1 aromatic carbocycles. The number of aromatic amines is 1. The van der Waals surface area contributed by atoms with Crippen molar-refractivity contribution in [2.75, 3.05) is 6.54 Å². The summed E-state index contributed by atoms with van der Waals surface area (Å²) in [5, 5.41) is 5.39. The van der Waals surface area contributed by atoms with E-state index >= 15 is 0 Å².